The van der Waals surface area contributed by atoms with Crippen LogP contribution in [-0.4, -0.2) is 29.8 Å². The van der Waals surface area contributed by atoms with Gasteiger partial charge in [-0.2, -0.15) is 5.26 Å². The Labute approximate surface area is 137 Å². The fourth-order valence-electron chi connectivity index (χ4n) is 3.04. The predicted octanol–water partition coefficient (Wildman–Crippen LogP) is 3.19. The van der Waals surface area contributed by atoms with Gasteiger partial charge in [0.15, 0.2) is 0 Å². The van der Waals surface area contributed by atoms with E-state index in [1.54, 1.807) is 29.2 Å². The van der Waals surface area contributed by atoms with E-state index in [1.165, 1.54) is 0 Å². The maximum absolute atomic E-state index is 12.5. The molecule has 0 bridgehead atoms. The standard InChI is InChI=1S/C18H23N3O2/c1-3-21(4-2)16(22)14-8-7-9-15(12-14)20-17(23)18(13-19)10-5-6-11-18/h7-9,12H,3-6,10-11H2,1-2H3,(H,20,23). The summed E-state index contributed by atoms with van der Waals surface area (Å²) in [5, 5.41) is 12.2. The van der Waals surface area contributed by atoms with Crippen molar-refractivity contribution in [3.8, 4) is 6.07 Å². The van der Waals surface area contributed by atoms with E-state index >= 15 is 0 Å². The van der Waals surface area contributed by atoms with E-state index in [0.29, 0.717) is 37.2 Å². The summed E-state index contributed by atoms with van der Waals surface area (Å²) in [5.74, 6) is -0.313. The van der Waals surface area contributed by atoms with Gasteiger partial charge in [0.2, 0.25) is 5.91 Å². The van der Waals surface area contributed by atoms with Crippen LogP contribution < -0.4 is 5.32 Å². The SMILES string of the molecule is CCN(CC)C(=O)c1cccc(NC(=O)C2(C#N)CCCC2)c1. The van der Waals surface area contributed by atoms with Gasteiger partial charge in [0, 0.05) is 24.3 Å². The van der Waals surface area contributed by atoms with Crippen molar-refractivity contribution < 1.29 is 9.59 Å². The second-order valence-electron chi connectivity index (χ2n) is 5.91. The fourth-order valence-corrected chi connectivity index (χ4v) is 3.04. The molecule has 2 rings (SSSR count). The van der Waals surface area contributed by atoms with Crippen LogP contribution in [0, 0.1) is 16.7 Å². The molecule has 23 heavy (non-hydrogen) atoms. The Kier molecular flexibility index (Phi) is 5.38. The molecule has 0 heterocycles. The molecule has 1 aromatic rings. The molecule has 122 valence electrons. The summed E-state index contributed by atoms with van der Waals surface area (Å²) in [5.41, 5.74) is 0.192. The number of carbonyl (C=O) groups excluding carboxylic acids is 2. The zero-order valence-electron chi connectivity index (χ0n) is 13.8. The highest BCUT2D eigenvalue weighted by molar-refractivity contribution is 5.99. The van der Waals surface area contributed by atoms with Crippen LogP contribution in [0.1, 0.15) is 49.9 Å². The molecule has 1 fully saturated rings. The maximum atomic E-state index is 12.5. The minimum absolute atomic E-state index is 0.0537. The summed E-state index contributed by atoms with van der Waals surface area (Å²) < 4.78 is 0. The number of amides is 2. The third kappa shape index (κ3) is 3.53. The topological polar surface area (TPSA) is 73.2 Å². The number of anilines is 1. The Morgan fingerprint density at radius 1 is 1.26 bits per heavy atom. The van der Waals surface area contributed by atoms with Gasteiger partial charge in [-0.05, 0) is 44.9 Å². The van der Waals surface area contributed by atoms with Gasteiger partial charge in [-0.3, -0.25) is 9.59 Å². The van der Waals surface area contributed by atoms with Crippen LogP contribution in [-0.2, 0) is 4.79 Å². The van der Waals surface area contributed by atoms with Gasteiger partial charge in [0.05, 0.1) is 6.07 Å². The van der Waals surface area contributed by atoms with E-state index in [4.69, 9.17) is 0 Å². The van der Waals surface area contributed by atoms with Gasteiger partial charge in [0.25, 0.3) is 5.91 Å². The van der Waals surface area contributed by atoms with E-state index in [-0.39, 0.29) is 11.8 Å². The molecule has 1 aliphatic carbocycles. The number of nitrogens with zero attached hydrogens (tertiary/aromatic N) is 2. The quantitative estimate of drug-likeness (QED) is 0.907. The van der Waals surface area contributed by atoms with Crippen LogP contribution in [0.2, 0.25) is 0 Å². The van der Waals surface area contributed by atoms with Gasteiger partial charge < -0.3 is 10.2 Å². The van der Waals surface area contributed by atoms with E-state index < -0.39 is 5.41 Å². The first-order chi connectivity index (χ1) is 11.1. The molecule has 1 aromatic carbocycles. The van der Waals surface area contributed by atoms with Crippen LogP contribution >= 0.6 is 0 Å². The summed E-state index contributed by atoms with van der Waals surface area (Å²) in [6.07, 6.45) is 3.02. The lowest BCUT2D eigenvalue weighted by Crippen LogP contribution is -2.33. The first-order valence-corrected chi connectivity index (χ1v) is 8.18. The summed E-state index contributed by atoms with van der Waals surface area (Å²) in [6.45, 7) is 5.15. The lowest BCUT2D eigenvalue weighted by molar-refractivity contribution is -0.122. The molecule has 0 aliphatic heterocycles. The molecule has 5 heteroatoms. The number of carbonyl (C=O) groups is 2. The summed E-state index contributed by atoms with van der Waals surface area (Å²) in [4.78, 5) is 26.6. The molecular weight excluding hydrogens is 290 g/mol. The van der Waals surface area contributed by atoms with Gasteiger partial charge in [-0.25, -0.2) is 0 Å². The van der Waals surface area contributed by atoms with E-state index in [1.807, 2.05) is 13.8 Å². The smallest absolute Gasteiger partial charge is 0.253 e. The highest BCUT2D eigenvalue weighted by Crippen LogP contribution is 2.38. The third-order valence-corrected chi connectivity index (χ3v) is 4.52. The lowest BCUT2D eigenvalue weighted by Gasteiger charge is -2.21. The van der Waals surface area contributed by atoms with E-state index in [2.05, 4.69) is 11.4 Å². The number of hydrogen-bond donors (Lipinski definition) is 1. The molecule has 2 amide bonds. The third-order valence-electron chi connectivity index (χ3n) is 4.52. The number of nitrogens with one attached hydrogen (secondary N) is 1. The maximum Gasteiger partial charge on any atom is 0.253 e. The lowest BCUT2D eigenvalue weighted by atomic mass is 9.87. The first kappa shape index (κ1) is 17.0. The molecular formula is C18H23N3O2. The Hall–Kier alpha value is -2.35. The van der Waals surface area contributed by atoms with Crippen molar-refractivity contribution in [2.75, 3.05) is 18.4 Å². The zero-order valence-corrected chi connectivity index (χ0v) is 13.8. The minimum atomic E-state index is -0.918. The summed E-state index contributed by atoms with van der Waals surface area (Å²) >= 11 is 0. The van der Waals surface area contributed by atoms with Crippen molar-refractivity contribution in [3.05, 3.63) is 29.8 Å². The Balaban J connectivity index is 2.16. The largest absolute Gasteiger partial charge is 0.339 e. The number of rotatable bonds is 5. The molecule has 0 unspecified atom stereocenters. The summed E-state index contributed by atoms with van der Waals surface area (Å²) in [7, 11) is 0. The monoisotopic (exact) mass is 313 g/mol. The Bertz CT molecular complexity index is 623. The average molecular weight is 313 g/mol. The van der Waals surface area contributed by atoms with Crippen LogP contribution in [0.15, 0.2) is 24.3 Å². The molecule has 0 aromatic heterocycles. The number of nitriles is 1. The molecule has 1 N–H and O–H groups in total. The van der Waals surface area contributed by atoms with Crippen molar-refractivity contribution in [3.63, 3.8) is 0 Å². The first-order valence-electron chi connectivity index (χ1n) is 8.18. The molecule has 5 nitrogen and oxygen atoms in total. The number of hydrogen-bond acceptors (Lipinski definition) is 3. The van der Waals surface area contributed by atoms with Gasteiger partial charge in [-0.15, -0.1) is 0 Å². The second-order valence-corrected chi connectivity index (χ2v) is 5.91. The molecule has 0 saturated heterocycles. The van der Waals surface area contributed by atoms with Crippen LogP contribution in [0.5, 0.6) is 0 Å². The van der Waals surface area contributed by atoms with Crippen LogP contribution in [0.3, 0.4) is 0 Å². The predicted molar refractivity (Wildman–Crippen MR) is 88.8 cm³/mol. The molecule has 0 radical (unpaired) electrons. The van der Waals surface area contributed by atoms with Crippen LogP contribution in [0.25, 0.3) is 0 Å². The minimum Gasteiger partial charge on any atom is -0.339 e. The number of benzene rings is 1. The van der Waals surface area contributed by atoms with Crippen molar-refractivity contribution in [2.45, 2.75) is 39.5 Å². The average Bonchev–Trinajstić information content (AvgIpc) is 3.06. The summed E-state index contributed by atoms with van der Waals surface area (Å²) in [6, 6.07) is 9.10. The van der Waals surface area contributed by atoms with Crippen molar-refractivity contribution in [1.29, 1.82) is 5.26 Å². The normalized spacial score (nSPS) is 15.7. The highest BCUT2D eigenvalue weighted by atomic mass is 16.2. The van der Waals surface area contributed by atoms with Crippen molar-refractivity contribution in [2.24, 2.45) is 5.41 Å². The Morgan fingerprint density at radius 3 is 2.48 bits per heavy atom. The molecule has 1 saturated carbocycles. The zero-order chi connectivity index (χ0) is 16.9. The van der Waals surface area contributed by atoms with Gasteiger partial charge in [-0.1, -0.05) is 18.9 Å². The van der Waals surface area contributed by atoms with E-state index in [0.717, 1.165) is 12.8 Å². The molecule has 0 spiro atoms. The second kappa shape index (κ2) is 7.28. The highest BCUT2D eigenvalue weighted by Gasteiger charge is 2.41. The Morgan fingerprint density at radius 2 is 1.91 bits per heavy atom. The molecule has 0 atom stereocenters. The van der Waals surface area contributed by atoms with Gasteiger partial charge in [0.1, 0.15) is 5.41 Å². The van der Waals surface area contributed by atoms with E-state index in [9.17, 15) is 14.9 Å². The fraction of sp³-hybridized carbons (Fsp3) is 0.500. The molecule has 1 aliphatic rings. The van der Waals surface area contributed by atoms with Gasteiger partial charge >= 0.3 is 0 Å². The van der Waals surface area contributed by atoms with Crippen molar-refractivity contribution >= 4 is 17.5 Å². The van der Waals surface area contributed by atoms with Crippen LogP contribution in [0.4, 0.5) is 5.69 Å². The van der Waals surface area contributed by atoms with Crippen molar-refractivity contribution in [1.82, 2.24) is 4.90 Å².